The smallest absolute Gasteiger partial charge is 0.136 e. The third-order valence-corrected chi connectivity index (χ3v) is 3.55. The number of nitrogens with one attached hydrogen (secondary N) is 1. The standard InChI is InChI=1S/C13H18N2O2/c16-13(9-17-10-13)11-2-1-3-12(8-11)15-6-4-14-5-7-15/h1-3,8,14,16H,4-7,9-10H2. The van der Waals surface area contributed by atoms with Crippen molar-refractivity contribution in [2.45, 2.75) is 5.60 Å². The quantitative estimate of drug-likeness (QED) is 0.773. The highest BCUT2D eigenvalue weighted by Gasteiger charge is 2.38. The summed E-state index contributed by atoms with van der Waals surface area (Å²) in [5.74, 6) is 0. The Bertz CT molecular complexity index is 398. The average molecular weight is 234 g/mol. The molecule has 0 bridgehead atoms. The fourth-order valence-corrected chi connectivity index (χ4v) is 2.38. The van der Waals surface area contributed by atoms with E-state index in [0.717, 1.165) is 31.7 Å². The van der Waals surface area contributed by atoms with Crippen LogP contribution >= 0.6 is 0 Å². The molecule has 1 aromatic rings. The topological polar surface area (TPSA) is 44.7 Å². The lowest BCUT2D eigenvalue weighted by Crippen LogP contribution is -2.47. The van der Waals surface area contributed by atoms with Crippen molar-refractivity contribution in [3.63, 3.8) is 0 Å². The van der Waals surface area contributed by atoms with E-state index in [1.807, 2.05) is 12.1 Å². The number of aliphatic hydroxyl groups is 1. The van der Waals surface area contributed by atoms with Gasteiger partial charge in [-0.3, -0.25) is 0 Å². The summed E-state index contributed by atoms with van der Waals surface area (Å²) in [5, 5.41) is 13.6. The maximum atomic E-state index is 10.2. The maximum absolute atomic E-state index is 10.2. The monoisotopic (exact) mass is 234 g/mol. The Kier molecular flexibility index (Phi) is 2.78. The van der Waals surface area contributed by atoms with E-state index in [4.69, 9.17) is 4.74 Å². The summed E-state index contributed by atoms with van der Waals surface area (Å²) in [7, 11) is 0. The van der Waals surface area contributed by atoms with Gasteiger partial charge in [-0.2, -0.15) is 0 Å². The zero-order valence-corrected chi connectivity index (χ0v) is 9.85. The second-order valence-corrected chi connectivity index (χ2v) is 4.81. The van der Waals surface area contributed by atoms with Crippen LogP contribution in [0.25, 0.3) is 0 Å². The Balaban J connectivity index is 1.83. The molecule has 0 saturated carbocycles. The summed E-state index contributed by atoms with van der Waals surface area (Å²) >= 11 is 0. The third kappa shape index (κ3) is 2.04. The molecule has 2 saturated heterocycles. The Hall–Kier alpha value is -1.10. The van der Waals surface area contributed by atoms with Gasteiger partial charge in [0.25, 0.3) is 0 Å². The van der Waals surface area contributed by atoms with Gasteiger partial charge in [0.2, 0.25) is 0 Å². The van der Waals surface area contributed by atoms with Crippen molar-refractivity contribution in [3.8, 4) is 0 Å². The van der Waals surface area contributed by atoms with Gasteiger partial charge in [0, 0.05) is 31.9 Å². The molecule has 2 fully saturated rings. The van der Waals surface area contributed by atoms with E-state index < -0.39 is 5.60 Å². The normalized spacial score (nSPS) is 23.2. The van der Waals surface area contributed by atoms with E-state index in [1.165, 1.54) is 5.69 Å². The van der Waals surface area contributed by atoms with Crippen LogP contribution in [0.15, 0.2) is 24.3 Å². The molecule has 0 atom stereocenters. The first-order chi connectivity index (χ1) is 8.28. The van der Waals surface area contributed by atoms with Crippen LogP contribution in [0, 0.1) is 0 Å². The van der Waals surface area contributed by atoms with Gasteiger partial charge in [-0.15, -0.1) is 0 Å². The summed E-state index contributed by atoms with van der Waals surface area (Å²) in [6.45, 7) is 4.93. The van der Waals surface area contributed by atoms with E-state index >= 15 is 0 Å². The molecule has 0 aromatic heterocycles. The number of anilines is 1. The predicted molar refractivity (Wildman–Crippen MR) is 66.2 cm³/mol. The van der Waals surface area contributed by atoms with Crippen molar-refractivity contribution in [1.29, 1.82) is 0 Å². The van der Waals surface area contributed by atoms with Crippen molar-refractivity contribution >= 4 is 5.69 Å². The second kappa shape index (κ2) is 4.29. The summed E-state index contributed by atoms with van der Waals surface area (Å²) in [5.41, 5.74) is 1.41. The lowest BCUT2D eigenvalue weighted by atomic mass is 9.92. The molecule has 17 heavy (non-hydrogen) atoms. The molecule has 2 aliphatic heterocycles. The highest BCUT2D eigenvalue weighted by molar-refractivity contribution is 5.50. The molecular formula is C13H18N2O2. The molecule has 0 spiro atoms. The van der Waals surface area contributed by atoms with Crippen LogP contribution < -0.4 is 10.2 Å². The molecule has 0 aliphatic carbocycles. The van der Waals surface area contributed by atoms with Crippen molar-refractivity contribution in [1.82, 2.24) is 5.32 Å². The Morgan fingerprint density at radius 2 is 2.00 bits per heavy atom. The lowest BCUT2D eigenvalue weighted by molar-refractivity contribution is -0.184. The van der Waals surface area contributed by atoms with Crippen LogP contribution in [0.5, 0.6) is 0 Å². The summed E-state index contributed by atoms with van der Waals surface area (Å²) < 4.78 is 5.10. The third-order valence-electron chi connectivity index (χ3n) is 3.55. The first-order valence-corrected chi connectivity index (χ1v) is 6.14. The predicted octanol–water partition coefficient (Wildman–Crippen LogP) is 0.314. The lowest BCUT2D eigenvalue weighted by Gasteiger charge is -2.37. The highest BCUT2D eigenvalue weighted by atomic mass is 16.5. The number of ether oxygens (including phenoxy) is 1. The zero-order valence-electron chi connectivity index (χ0n) is 9.85. The van der Waals surface area contributed by atoms with E-state index in [0.29, 0.717) is 13.2 Å². The number of benzene rings is 1. The van der Waals surface area contributed by atoms with Crippen molar-refractivity contribution < 1.29 is 9.84 Å². The van der Waals surface area contributed by atoms with Gasteiger partial charge in [0.1, 0.15) is 5.60 Å². The number of piperazine rings is 1. The van der Waals surface area contributed by atoms with Crippen LogP contribution in [-0.4, -0.2) is 44.5 Å². The number of nitrogens with zero attached hydrogens (tertiary/aromatic N) is 1. The molecule has 0 radical (unpaired) electrons. The Morgan fingerprint density at radius 3 is 2.65 bits per heavy atom. The van der Waals surface area contributed by atoms with Gasteiger partial charge < -0.3 is 20.1 Å². The van der Waals surface area contributed by atoms with Crippen molar-refractivity contribution in [2.75, 3.05) is 44.3 Å². The Morgan fingerprint density at radius 1 is 1.24 bits per heavy atom. The van der Waals surface area contributed by atoms with Gasteiger partial charge in [-0.05, 0) is 17.7 Å². The molecule has 2 heterocycles. The van der Waals surface area contributed by atoms with Gasteiger partial charge in [-0.25, -0.2) is 0 Å². The van der Waals surface area contributed by atoms with E-state index in [-0.39, 0.29) is 0 Å². The molecule has 1 aromatic carbocycles. The maximum Gasteiger partial charge on any atom is 0.136 e. The first kappa shape index (κ1) is 11.0. The van der Waals surface area contributed by atoms with Crippen molar-refractivity contribution in [2.24, 2.45) is 0 Å². The van der Waals surface area contributed by atoms with Crippen LogP contribution in [0.1, 0.15) is 5.56 Å². The molecule has 4 heteroatoms. The number of rotatable bonds is 2. The minimum atomic E-state index is -0.760. The van der Waals surface area contributed by atoms with Gasteiger partial charge in [-0.1, -0.05) is 12.1 Å². The molecule has 0 unspecified atom stereocenters. The van der Waals surface area contributed by atoms with Crippen LogP contribution in [0.4, 0.5) is 5.69 Å². The molecule has 2 N–H and O–H groups in total. The minimum absolute atomic E-state index is 0.415. The van der Waals surface area contributed by atoms with E-state index in [2.05, 4.69) is 22.3 Å². The first-order valence-electron chi connectivity index (χ1n) is 6.14. The molecular weight excluding hydrogens is 216 g/mol. The van der Waals surface area contributed by atoms with E-state index in [1.54, 1.807) is 0 Å². The second-order valence-electron chi connectivity index (χ2n) is 4.81. The fourth-order valence-electron chi connectivity index (χ4n) is 2.38. The molecule has 92 valence electrons. The van der Waals surface area contributed by atoms with Gasteiger partial charge >= 0.3 is 0 Å². The van der Waals surface area contributed by atoms with Gasteiger partial charge in [0.15, 0.2) is 0 Å². The largest absolute Gasteiger partial charge is 0.380 e. The van der Waals surface area contributed by atoms with Crippen molar-refractivity contribution in [3.05, 3.63) is 29.8 Å². The molecule has 2 aliphatic rings. The number of hydrogen-bond donors (Lipinski definition) is 2. The molecule has 3 rings (SSSR count). The van der Waals surface area contributed by atoms with Crippen LogP contribution in [0.3, 0.4) is 0 Å². The average Bonchev–Trinajstić information content (AvgIpc) is 2.37. The zero-order chi connectivity index (χ0) is 11.7. The number of hydrogen-bond acceptors (Lipinski definition) is 4. The van der Waals surface area contributed by atoms with Gasteiger partial charge in [0.05, 0.1) is 13.2 Å². The summed E-state index contributed by atoms with van der Waals surface area (Å²) in [6.07, 6.45) is 0. The Labute approximate surface area is 101 Å². The SMILES string of the molecule is OC1(c2cccc(N3CCNCC3)c2)COC1. The molecule has 4 nitrogen and oxygen atoms in total. The van der Waals surface area contributed by atoms with E-state index in [9.17, 15) is 5.11 Å². The summed E-state index contributed by atoms with van der Waals surface area (Å²) in [6, 6.07) is 8.20. The highest BCUT2D eigenvalue weighted by Crippen LogP contribution is 2.31. The summed E-state index contributed by atoms with van der Waals surface area (Å²) in [4.78, 5) is 2.35. The van der Waals surface area contributed by atoms with Crippen LogP contribution in [-0.2, 0) is 10.3 Å². The minimum Gasteiger partial charge on any atom is -0.380 e. The van der Waals surface area contributed by atoms with Crippen LogP contribution in [0.2, 0.25) is 0 Å². The fraction of sp³-hybridized carbons (Fsp3) is 0.538. The molecule has 0 amide bonds.